The second-order valence-electron chi connectivity index (χ2n) is 9.28. The van der Waals surface area contributed by atoms with Crippen molar-refractivity contribution in [3.05, 3.63) is 70.8 Å². The van der Waals surface area contributed by atoms with Crippen molar-refractivity contribution in [1.29, 1.82) is 0 Å². The van der Waals surface area contributed by atoms with Crippen molar-refractivity contribution in [2.24, 2.45) is 0 Å². The minimum Gasteiger partial charge on any atom is -0.349 e. The van der Waals surface area contributed by atoms with Crippen molar-refractivity contribution < 1.29 is 9.59 Å². The van der Waals surface area contributed by atoms with Crippen LogP contribution in [-0.4, -0.2) is 29.8 Å². The molecule has 3 aliphatic rings. The lowest BCUT2D eigenvalue weighted by atomic mass is 9.73. The van der Waals surface area contributed by atoms with Gasteiger partial charge < -0.3 is 10.2 Å². The Morgan fingerprint density at radius 1 is 1.00 bits per heavy atom. The van der Waals surface area contributed by atoms with E-state index in [0.29, 0.717) is 0 Å². The Bertz CT molecular complexity index is 975. The molecular formula is C26H30N2O2. The van der Waals surface area contributed by atoms with Gasteiger partial charge in [-0.2, -0.15) is 0 Å². The predicted octanol–water partition coefficient (Wildman–Crippen LogP) is 4.25. The number of likely N-dealkylation sites (tertiary alicyclic amines) is 1. The van der Waals surface area contributed by atoms with E-state index in [1.807, 2.05) is 4.90 Å². The maximum atomic E-state index is 13.5. The predicted molar refractivity (Wildman–Crippen MR) is 117 cm³/mol. The standard InChI is InChI=1S/C26H30N2O2/c1-18(29)28-15-13-26(14-16-28)17-22(21-10-4-5-11-23(21)26)25(30)27-24-12-6-8-19-7-2-3-9-20(19)24/h2-5,7,9-11,22,24H,6,8,12-17H2,1H3,(H,27,30). The molecule has 1 saturated heterocycles. The Kier molecular flexibility index (Phi) is 4.88. The van der Waals surface area contributed by atoms with Crippen molar-refractivity contribution in [3.63, 3.8) is 0 Å². The Balaban J connectivity index is 1.38. The van der Waals surface area contributed by atoms with Crippen molar-refractivity contribution in [2.45, 2.75) is 62.8 Å². The summed E-state index contributed by atoms with van der Waals surface area (Å²) in [4.78, 5) is 27.3. The molecule has 0 bridgehead atoms. The fraction of sp³-hybridized carbons (Fsp3) is 0.462. The molecule has 1 spiro atoms. The first kappa shape index (κ1) is 19.3. The zero-order valence-electron chi connectivity index (χ0n) is 17.7. The highest BCUT2D eigenvalue weighted by Crippen LogP contribution is 2.52. The normalized spacial score (nSPS) is 24.2. The van der Waals surface area contributed by atoms with Crippen molar-refractivity contribution >= 4 is 11.8 Å². The third-order valence-corrected chi connectivity index (χ3v) is 7.67. The minimum atomic E-state index is -0.0980. The van der Waals surface area contributed by atoms with Crippen LogP contribution in [0.15, 0.2) is 48.5 Å². The third-order valence-electron chi connectivity index (χ3n) is 7.67. The molecular weight excluding hydrogens is 372 g/mol. The molecule has 2 amide bonds. The highest BCUT2D eigenvalue weighted by molar-refractivity contribution is 5.86. The number of amides is 2. The van der Waals surface area contributed by atoms with Crippen LogP contribution in [0.25, 0.3) is 0 Å². The van der Waals surface area contributed by atoms with E-state index in [-0.39, 0.29) is 29.2 Å². The molecule has 1 N–H and O–H groups in total. The molecule has 0 saturated carbocycles. The number of fused-ring (bicyclic) bond motifs is 3. The molecule has 2 aromatic carbocycles. The first-order chi connectivity index (χ1) is 14.6. The summed E-state index contributed by atoms with van der Waals surface area (Å²) in [6.45, 7) is 3.22. The molecule has 2 atom stereocenters. The van der Waals surface area contributed by atoms with Gasteiger partial charge in [0.2, 0.25) is 11.8 Å². The second kappa shape index (κ2) is 7.57. The molecule has 2 unspecified atom stereocenters. The van der Waals surface area contributed by atoms with Crippen LogP contribution in [0.2, 0.25) is 0 Å². The zero-order valence-corrected chi connectivity index (χ0v) is 17.7. The van der Waals surface area contributed by atoms with Crippen molar-refractivity contribution in [2.75, 3.05) is 13.1 Å². The number of nitrogens with zero attached hydrogens (tertiary/aromatic N) is 1. The van der Waals surface area contributed by atoms with E-state index in [4.69, 9.17) is 0 Å². The molecule has 0 aromatic heterocycles. The monoisotopic (exact) mass is 402 g/mol. The van der Waals surface area contributed by atoms with Crippen LogP contribution in [0.1, 0.15) is 73.2 Å². The van der Waals surface area contributed by atoms with Gasteiger partial charge in [-0.05, 0) is 60.8 Å². The smallest absolute Gasteiger partial charge is 0.228 e. The van der Waals surface area contributed by atoms with Crippen LogP contribution in [0.3, 0.4) is 0 Å². The molecule has 1 aliphatic heterocycles. The molecule has 0 radical (unpaired) electrons. The van der Waals surface area contributed by atoms with Gasteiger partial charge in [-0.3, -0.25) is 9.59 Å². The first-order valence-electron chi connectivity index (χ1n) is 11.3. The van der Waals surface area contributed by atoms with E-state index in [9.17, 15) is 9.59 Å². The molecule has 1 fully saturated rings. The molecule has 4 heteroatoms. The van der Waals surface area contributed by atoms with Gasteiger partial charge in [-0.25, -0.2) is 0 Å². The molecule has 2 aliphatic carbocycles. The number of carbonyl (C=O) groups is 2. The molecule has 30 heavy (non-hydrogen) atoms. The highest BCUT2D eigenvalue weighted by atomic mass is 16.2. The van der Waals surface area contributed by atoms with E-state index in [1.54, 1.807) is 6.92 Å². The lowest BCUT2D eigenvalue weighted by molar-refractivity contribution is -0.130. The van der Waals surface area contributed by atoms with E-state index < -0.39 is 0 Å². The van der Waals surface area contributed by atoms with Crippen molar-refractivity contribution in [3.8, 4) is 0 Å². The van der Waals surface area contributed by atoms with Crippen LogP contribution in [0.5, 0.6) is 0 Å². The van der Waals surface area contributed by atoms with Crippen LogP contribution in [0, 0.1) is 0 Å². The molecule has 5 rings (SSSR count). The van der Waals surface area contributed by atoms with Gasteiger partial charge in [-0.1, -0.05) is 48.5 Å². The summed E-state index contributed by atoms with van der Waals surface area (Å²) < 4.78 is 0. The van der Waals surface area contributed by atoms with E-state index >= 15 is 0 Å². The molecule has 2 aromatic rings. The zero-order chi connectivity index (χ0) is 20.7. The number of carbonyl (C=O) groups excluding carboxylic acids is 2. The van der Waals surface area contributed by atoms with Gasteiger partial charge in [0, 0.05) is 25.4 Å². The summed E-state index contributed by atoms with van der Waals surface area (Å²) in [5, 5.41) is 3.40. The number of hydrogen-bond acceptors (Lipinski definition) is 2. The van der Waals surface area contributed by atoms with E-state index in [0.717, 1.165) is 51.6 Å². The van der Waals surface area contributed by atoms with Gasteiger partial charge in [-0.15, -0.1) is 0 Å². The Morgan fingerprint density at radius 2 is 1.70 bits per heavy atom. The highest BCUT2D eigenvalue weighted by Gasteiger charge is 2.47. The summed E-state index contributed by atoms with van der Waals surface area (Å²) >= 11 is 0. The summed E-state index contributed by atoms with van der Waals surface area (Å²) in [5.41, 5.74) is 5.20. The molecule has 156 valence electrons. The lowest BCUT2D eigenvalue weighted by Crippen LogP contribution is -2.44. The first-order valence-corrected chi connectivity index (χ1v) is 11.3. The van der Waals surface area contributed by atoms with Crippen molar-refractivity contribution in [1.82, 2.24) is 10.2 Å². The Hall–Kier alpha value is -2.62. The van der Waals surface area contributed by atoms with Gasteiger partial charge in [0.05, 0.1) is 12.0 Å². The van der Waals surface area contributed by atoms with Gasteiger partial charge in [0.25, 0.3) is 0 Å². The number of aryl methyl sites for hydroxylation is 1. The topological polar surface area (TPSA) is 49.4 Å². The number of rotatable bonds is 2. The van der Waals surface area contributed by atoms with Crippen LogP contribution >= 0.6 is 0 Å². The summed E-state index contributed by atoms with van der Waals surface area (Å²) in [7, 11) is 0. The number of benzene rings is 2. The van der Waals surface area contributed by atoms with E-state index in [1.165, 1.54) is 22.3 Å². The summed E-state index contributed by atoms with van der Waals surface area (Å²) in [5.74, 6) is 0.218. The summed E-state index contributed by atoms with van der Waals surface area (Å²) in [6, 6.07) is 17.1. The van der Waals surface area contributed by atoms with Gasteiger partial charge >= 0.3 is 0 Å². The third kappa shape index (κ3) is 3.23. The molecule has 4 nitrogen and oxygen atoms in total. The maximum absolute atomic E-state index is 13.5. The average molecular weight is 403 g/mol. The Labute approximate surface area is 178 Å². The van der Waals surface area contributed by atoms with Crippen LogP contribution in [0.4, 0.5) is 0 Å². The second-order valence-corrected chi connectivity index (χ2v) is 9.28. The molecule has 1 heterocycles. The number of piperidine rings is 1. The Morgan fingerprint density at radius 3 is 2.47 bits per heavy atom. The fourth-order valence-corrected chi connectivity index (χ4v) is 6.03. The van der Waals surface area contributed by atoms with Gasteiger partial charge in [0.1, 0.15) is 0 Å². The summed E-state index contributed by atoms with van der Waals surface area (Å²) in [6.07, 6.45) is 5.98. The number of hydrogen-bond donors (Lipinski definition) is 1. The minimum absolute atomic E-state index is 0.0228. The quantitative estimate of drug-likeness (QED) is 0.816. The average Bonchev–Trinajstić information content (AvgIpc) is 3.09. The SMILES string of the molecule is CC(=O)N1CCC2(CC1)CC(C(=O)NC1CCCc3ccccc31)c1ccccc12. The van der Waals surface area contributed by atoms with Gasteiger partial charge in [0.15, 0.2) is 0 Å². The van der Waals surface area contributed by atoms with Crippen LogP contribution < -0.4 is 5.32 Å². The fourth-order valence-electron chi connectivity index (χ4n) is 6.03. The maximum Gasteiger partial charge on any atom is 0.228 e. The lowest BCUT2D eigenvalue weighted by Gasteiger charge is -2.40. The largest absolute Gasteiger partial charge is 0.349 e. The van der Waals surface area contributed by atoms with Crippen LogP contribution in [-0.2, 0) is 21.4 Å². The number of nitrogens with one attached hydrogen (secondary N) is 1. The van der Waals surface area contributed by atoms with E-state index in [2.05, 4.69) is 53.8 Å².